The zero-order valence-electron chi connectivity index (χ0n) is 39.8. The van der Waals surface area contributed by atoms with Gasteiger partial charge in [0.05, 0.1) is 114 Å². The zero-order valence-corrected chi connectivity index (χ0v) is 39.8. The number of carbonyl (C=O) groups is 6. The van der Waals surface area contributed by atoms with Gasteiger partial charge in [-0.25, -0.2) is 4.79 Å². The second-order valence-electron chi connectivity index (χ2n) is 19.3. The van der Waals surface area contributed by atoms with E-state index in [1.807, 2.05) is 24.3 Å². The van der Waals surface area contributed by atoms with Crippen molar-refractivity contribution in [1.82, 2.24) is 0 Å². The van der Waals surface area contributed by atoms with Crippen molar-refractivity contribution in [2.24, 2.45) is 23.7 Å². The molecule has 16 atom stereocenters. The number of ketones is 1. The van der Waals surface area contributed by atoms with Gasteiger partial charge in [-0.05, 0) is 112 Å². The van der Waals surface area contributed by atoms with Gasteiger partial charge in [0.15, 0.2) is 5.78 Å². The summed E-state index contributed by atoms with van der Waals surface area (Å²) in [4.78, 5) is 64.2. The molecule has 0 aromatic rings. The number of fused-ring (bicyclic) bond motifs is 12. The van der Waals surface area contributed by atoms with Crippen LogP contribution in [-0.2, 0) is 71.4 Å². The van der Waals surface area contributed by atoms with Crippen molar-refractivity contribution in [2.75, 3.05) is 21.3 Å². The Labute approximate surface area is 417 Å². The third-order valence-electron chi connectivity index (χ3n) is 14.8. The zero-order chi connectivity index (χ0) is 46.9. The van der Waals surface area contributed by atoms with E-state index in [1.54, 1.807) is 0 Å². The monoisotopic (exact) mass is 968 g/mol. The van der Waals surface area contributed by atoms with E-state index in [-0.39, 0.29) is 92.1 Å². The summed E-state index contributed by atoms with van der Waals surface area (Å²) in [6.45, 7) is 0. The topological polar surface area (TPSA) is 256 Å². The minimum absolute atomic E-state index is 0. The summed E-state index contributed by atoms with van der Waals surface area (Å²) in [5, 5.41) is 17.1. The molecule has 0 aliphatic carbocycles. The summed E-state index contributed by atoms with van der Waals surface area (Å²) in [6.07, 6.45) is 28.5. The van der Waals surface area contributed by atoms with E-state index >= 15 is 0 Å². The second-order valence-corrected chi connectivity index (χ2v) is 19.3. The predicted molar refractivity (Wildman–Crippen MR) is 240 cm³/mol. The molecule has 12 heterocycles. The molecule has 18 nitrogen and oxygen atoms in total. The van der Waals surface area contributed by atoms with Crippen LogP contribution in [0.25, 0.3) is 0 Å². The Morgan fingerprint density at radius 3 is 1.12 bits per heavy atom. The predicted octanol–water partition coefficient (Wildman–Crippen LogP) is 2.85. The van der Waals surface area contributed by atoms with Gasteiger partial charge in [0.2, 0.25) is 0 Å². The molecule has 382 valence electrons. The van der Waals surface area contributed by atoms with Crippen molar-refractivity contribution in [3.8, 4) is 0 Å². The molecule has 0 aromatic heterocycles. The Bertz CT molecular complexity index is 1750. The molecule has 0 amide bonds. The molecule has 10 saturated heterocycles. The molecule has 0 spiro atoms. The van der Waals surface area contributed by atoms with E-state index in [1.165, 1.54) is 40.2 Å². The van der Waals surface area contributed by atoms with E-state index in [2.05, 4.69) is 14.2 Å². The van der Waals surface area contributed by atoms with Crippen molar-refractivity contribution in [3.05, 3.63) is 36.0 Å². The normalized spacial score (nSPS) is 37.4. The molecule has 12 rings (SSSR count). The van der Waals surface area contributed by atoms with Crippen molar-refractivity contribution < 1.29 is 106 Å². The van der Waals surface area contributed by atoms with Crippen molar-refractivity contribution >= 4 is 35.6 Å². The molecule has 3 N–H and O–H groups in total. The molecule has 19 heteroatoms. The van der Waals surface area contributed by atoms with E-state index in [0.29, 0.717) is 92.4 Å². The first kappa shape index (κ1) is 58.1. The number of ether oxygens (including phenoxy) is 9. The van der Waals surface area contributed by atoms with Crippen molar-refractivity contribution in [1.29, 1.82) is 0 Å². The number of Topliss-reactive ketones (excluding diaryl/α,β-unsaturated/α-hetero) is 1. The number of hydrogen-bond acceptors (Lipinski definition) is 16. The Morgan fingerprint density at radius 2 is 0.899 bits per heavy atom. The van der Waals surface area contributed by atoms with Crippen LogP contribution in [0.15, 0.2) is 36.0 Å². The number of aliphatic carboxylic acids is 2. The number of rotatable bonds is 9. The van der Waals surface area contributed by atoms with Gasteiger partial charge in [-0.15, -0.1) is 0 Å². The number of methoxy groups -OCH3 is 3. The molecular formula is C50H73LiO18. The summed E-state index contributed by atoms with van der Waals surface area (Å²) < 4.78 is 46.6. The fraction of sp³-hybridized carbons (Fsp3) is 0.760. The van der Waals surface area contributed by atoms with Crippen molar-refractivity contribution in [2.45, 2.75) is 196 Å². The molecule has 0 radical (unpaired) electrons. The molecule has 12 aliphatic heterocycles. The van der Waals surface area contributed by atoms with E-state index in [9.17, 15) is 28.8 Å². The molecule has 10 fully saturated rings. The van der Waals surface area contributed by atoms with Gasteiger partial charge in [-0.2, -0.15) is 0 Å². The van der Waals surface area contributed by atoms with Gasteiger partial charge in [0.25, 0.3) is 0 Å². The maximum atomic E-state index is 11.0. The standard InChI is InChI=1S/2C9H14O3.C9H10O3.2C8H12O3.C6H6O2.CH4.Li.H2O/c3*1-11-9(10)5-6-4-7-2-3-8(6)12-7;2*9-8(10)4-5-3-6-1-2-7(5)11-6;7-5-3-4-1-2-6(5)8-4;;;/h2*6-8H,2-5H2,1H3;2-3,5,7-8H,4H2,1H3;2*5-7H,1-4H2,(H,9,10);1-2,4,6H,3H2;1H4;;1H2/q;;;;;;;+1;/p-1/t6-,7?,8+;6-,7?,8-;7?,8-;5-,6?,7+;5-,6?,7-;4?,6-;;;/m011011.../s1. The van der Waals surface area contributed by atoms with Gasteiger partial charge < -0.3 is 58.3 Å². The smallest absolute Gasteiger partial charge is 0.870 e. The van der Waals surface area contributed by atoms with Gasteiger partial charge in [0.1, 0.15) is 6.10 Å². The summed E-state index contributed by atoms with van der Waals surface area (Å²) in [6, 6.07) is 0. The number of carbonyl (C=O) groups excluding carboxylic acids is 4. The molecule has 0 saturated carbocycles. The summed E-state index contributed by atoms with van der Waals surface area (Å²) in [5.41, 5.74) is 1.02. The van der Waals surface area contributed by atoms with Crippen LogP contribution in [0.5, 0.6) is 0 Å². The number of hydrogen-bond donors (Lipinski definition) is 2. The van der Waals surface area contributed by atoms with Gasteiger partial charge in [-0.1, -0.05) is 25.7 Å². The summed E-state index contributed by atoms with van der Waals surface area (Å²) >= 11 is 0. The number of esters is 3. The quantitative estimate of drug-likeness (QED) is 0.111. The van der Waals surface area contributed by atoms with Crippen LogP contribution in [0.4, 0.5) is 0 Å². The number of carboxylic acids is 2. The maximum Gasteiger partial charge on any atom is 1.00 e. The average molecular weight is 969 g/mol. The minimum atomic E-state index is -0.689. The van der Waals surface area contributed by atoms with Crippen LogP contribution in [0.1, 0.15) is 123 Å². The molecule has 0 aromatic carbocycles. The van der Waals surface area contributed by atoms with Crippen LogP contribution in [0.2, 0.25) is 0 Å². The molecular weight excluding hydrogens is 895 g/mol. The Balaban J connectivity index is 0.000000179. The second kappa shape index (κ2) is 27.4. The van der Waals surface area contributed by atoms with Gasteiger partial charge in [-0.3, -0.25) is 24.0 Å². The third kappa shape index (κ3) is 16.3. The first-order valence-electron chi connectivity index (χ1n) is 23.9. The SMILES string of the molecule is C.COC(=O)C=C1CC2C=C[C@H]1O2.COC(=O)C[C@@H]1CC2CC[C@H]1O2.COC(=O)C[C@H]1CC2CC[C@H]1O2.O=C(O)C[C@@H]1CC2CC[C@H]1O2.O=C(O)C[C@H]1CC2CC[C@H]1O2.O=C1CC2C=C[C@H]1O2.[Li+].[OH-]. The largest absolute Gasteiger partial charge is 1.00 e. The summed E-state index contributed by atoms with van der Waals surface area (Å²) in [5.74, 6) is -0.193. The van der Waals surface area contributed by atoms with E-state index in [0.717, 1.165) is 76.2 Å². The minimum Gasteiger partial charge on any atom is -0.870 e. The first-order chi connectivity index (χ1) is 31.7. The molecule has 12 aliphatic rings. The molecule has 69 heavy (non-hydrogen) atoms. The fourth-order valence-electron chi connectivity index (χ4n) is 11.5. The van der Waals surface area contributed by atoms with Crippen LogP contribution < -0.4 is 18.9 Å². The summed E-state index contributed by atoms with van der Waals surface area (Å²) in [7, 11) is 4.26. The van der Waals surface area contributed by atoms with Gasteiger partial charge in [0, 0.05) is 18.9 Å². The fourth-order valence-corrected chi connectivity index (χ4v) is 11.5. The Morgan fingerprint density at radius 1 is 0.536 bits per heavy atom. The Hall–Kier alpha value is -3.44. The first-order valence-corrected chi connectivity index (χ1v) is 23.9. The number of carboxylic acid groups (broad SMARTS) is 2. The maximum absolute atomic E-state index is 11.0. The van der Waals surface area contributed by atoms with Crippen molar-refractivity contribution in [3.63, 3.8) is 0 Å². The van der Waals surface area contributed by atoms with Gasteiger partial charge >= 0.3 is 48.7 Å². The average Bonchev–Trinajstić information content (AvgIpc) is 4.13. The van der Waals surface area contributed by atoms with Crippen LogP contribution in [0.3, 0.4) is 0 Å². The molecule has 12 bridgehead atoms. The van der Waals surface area contributed by atoms with E-state index in [4.69, 9.17) is 38.6 Å². The van der Waals surface area contributed by atoms with Crippen LogP contribution in [0, 0.1) is 23.7 Å². The Kier molecular flexibility index (Phi) is 23.1. The van der Waals surface area contributed by atoms with Crippen LogP contribution in [-0.4, -0.2) is 146 Å². The third-order valence-corrected chi connectivity index (χ3v) is 14.8. The van der Waals surface area contributed by atoms with E-state index < -0.39 is 11.9 Å². The molecule has 6 unspecified atom stereocenters. The van der Waals surface area contributed by atoms with Crippen LogP contribution >= 0.6 is 0 Å².